The summed E-state index contributed by atoms with van der Waals surface area (Å²) in [4.78, 5) is 11.1. The minimum Gasteiger partial charge on any atom is -0.341 e. The molecular weight excluding hydrogens is 224 g/mol. The van der Waals surface area contributed by atoms with Crippen molar-refractivity contribution in [3.05, 3.63) is 17.5 Å². The Hall–Kier alpha value is -0.870. The van der Waals surface area contributed by atoms with Crippen LogP contribution in [0.4, 0.5) is 5.95 Å². The first kappa shape index (κ1) is 15.1. The summed E-state index contributed by atoms with van der Waals surface area (Å²) in [5, 5.41) is 0. The molecule has 0 bridgehead atoms. The number of halogens is 1. The number of anilines is 1. The highest BCUT2D eigenvalue weighted by atomic mass is 35.5. The highest BCUT2D eigenvalue weighted by molar-refractivity contribution is 5.85. The number of rotatable bonds is 5. The number of hydrogen-bond donors (Lipinski definition) is 1. The van der Waals surface area contributed by atoms with E-state index in [1.165, 1.54) is 0 Å². The van der Waals surface area contributed by atoms with E-state index in [-0.39, 0.29) is 12.4 Å². The van der Waals surface area contributed by atoms with Gasteiger partial charge in [0.1, 0.15) is 0 Å². The Balaban J connectivity index is 0.00000225. The molecule has 0 saturated heterocycles. The molecule has 1 rings (SSSR count). The number of nitrogens with zero attached hydrogens (tertiary/aromatic N) is 3. The van der Waals surface area contributed by atoms with Crippen molar-refractivity contribution >= 4 is 18.4 Å². The Bertz CT molecular complexity index is 313. The predicted molar refractivity (Wildman–Crippen MR) is 70.3 cm³/mol. The van der Waals surface area contributed by atoms with Crippen LogP contribution in [0.25, 0.3) is 0 Å². The number of aryl methyl sites for hydroxylation is 1. The Morgan fingerprint density at radius 2 is 1.88 bits per heavy atom. The maximum atomic E-state index is 5.53. The molecule has 4 nitrogen and oxygen atoms in total. The number of nitrogens with two attached hydrogens (primary N) is 1. The lowest BCUT2D eigenvalue weighted by Gasteiger charge is -2.19. The van der Waals surface area contributed by atoms with Gasteiger partial charge in [-0.3, -0.25) is 0 Å². The minimum atomic E-state index is 0. The van der Waals surface area contributed by atoms with Crippen LogP contribution in [0.3, 0.4) is 0 Å². The molecule has 1 aromatic heterocycles. The summed E-state index contributed by atoms with van der Waals surface area (Å²) in [6, 6.07) is 2.00. The van der Waals surface area contributed by atoms with E-state index in [1.807, 2.05) is 13.0 Å². The molecule has 1 aromatic rings. The predicted octanol–water partition coefficient (Wildman–Crippen LogP) is 1.55. The molecule has 92 valence electrons. The molecule has 0 unspecified atom stereocenters. The van der Waals surface area contributed by atoms with Gasteiger partial charge in [-0.1, -0.05) is 0 Å². The SMILES string of the molecule is CCN(CC)c1nc(C)cc(CCN)n1.Cl. The van der Waals surface area contributed by atoms with Gasteiger partial charge < -0.3 is 10.6 Å². The second-order valence-corrected chi connectivity index (χ2v) is 3.51. The van der Waals surface area contributed by atoms with E-state index in [2.05, 4.69) is 28.7 Å². The Kier molecular flexibility index (Phi) is 7.01. The number of aromatic nitrogens is 2. The second-order valence-electron chi connectivity index (χ2n) is 3.51. The average molecular weight is 245 g/mol. The second kappa shape index (κ2) is 7.41. The van der Waals surface area contributed by atoms with Gasteiger partial charge in [0.2, 0.25) is 5.95 Å². The van der Waals surface area contributed by atoms with Crippen LogP contribution in [-0.2, 0) is 6.42 Å². The van der Waals surface area contributed by atoms with Crippen molar-refractivity contribution in [3.8, 4) is 0 Å². The van der Waals surface area contributed by atoms with Crippen LogP contribution in [0.5, 0.6) is 0 Å². The summed E-state index contributed by atoms with van der Waals surface area (Å²) in [6.07, 6.45) is 0.817. The molecule has 0 aliphatic carbocycles. The fourth-order valence-corrected chi connectivity index (χ4v) is 1.54. The molecule has 0 spiro atoms. The molecule has 0 amide bonds. The maximum Gasteiger partial charge on any atom is 0.225 e. The third kappa shape index (κ3) is 3.94. The van der Waals surface area contributed by atoms with Crippen molar-refractivity contribution in [1.82, 2.24) is 9.97 Å². The summed E-state index contributed by atoms with van der Waals surface area (Å²) in [6.45, 7) is 8.71. The monoisotopic (exact) mass is 244 g/mol. The van der Waals surface area contributed by atoms with E-state index in [0.717, 1.165) is 36.8 Å². The van der Waals surface area contributed by atoms with Gasteiger partial charge in [-0.2, -0.15) is 0 Å². The molecule has 2 N–H and O–H groups in total. The lowest BCUT2D eigenvalue weighted by atomic mass is 10.2. The van der Waals surface area contributed by atoms with Crippen LogP contribution in [0.15, 0.2) is 6.07 Å². The summed E-state index contributed by atoms with van der Waals surface area (Å²) < 4.78 is 0. The smallest absolute Gasteiger partial charge is 0.225 e. The zero-order valence-electron chi connectivity index (χ0n) is 10.2. The van der Waals surface area contributed by atoms with Crippen LogP contribution in [-0.4, -0.2) is 29.6 Å². The van der Waals surface area contributed by atoms with E-state index >= 15 is 0 Å². The van der Waals surface area contributed by atoms with Gasteiger partial charge in [0, 0.05) is 30.9 Å². The Morgan fingerprint density at radius 3 is 2.38 bits per heavy atom. The van der Waals surface area contributed by atoms with Crippen LogP contribution in [0, 0.1) is 6.92 Å². The van der Waals surface area contributed by atoms with E-state index in [0.29, 0.717) is 6.54 Å². The van der Waals surface area contributed by atoms with Gasteiger partial charge in [0.15, 0.2) is 0 Å². The third-order valence-corrected chi connectivity index (χ3v) is 2.34. The van der Waals surface area contributed by atoms with Gasteiger partial charge in [0.25, 0.3) is 0 Å². The minimum absolute atomic E-state index is 0. The number of hydrogen-bond acceptors (Lipinski definition) is 4. The van der Waals surface area contributed by atoms with E-state index in [4.69, 9.17) is 5.73 Å². The third-order valence-electron chi connectivity index (χ3n) is 2.34. The highest BCUT2D eigenvalue weighted by Crippen LogP contribution is 2.10. The van der Waals surface area contributed by atoms with Crippen LogP contribution >= 0.6 is 12.4 Å². The van der Waals surface area contributed by atoms with E-state index in [9.17, 15) is 0 Å². The van der Waals surface area contributed by atoms with E-state index < -0.39 is 0 Å². The van der Waals surface area contributed by atoms with Gasteiger partial charge >= 0.3 is 0 Å². The molecular formula is C11H21ClN4. The molecule has 0 fully saturated rings. The standard InChI is InChI=1S/C11H20N4.ClH/c1-4-15(5-2)11-13-9(3)8-10(14-11)6-7-12;/h8H,4-7,12H2,1-3H3;1H. The summed E-state index contributed by atoms with van der Waals surface area (Å²) in [7, 11) is 0. The van der Waals surface area contributed by atoms with Crippen molar-refractivity contribution in [2.24, 2.45) is 5.73 Å². The zero-order chi connectivity index (χ0) is 11.3. The van der Waals surface area contributed by atoms with Crippen LogP contribution in [0.2, 0.25) is 0 Å². The summed E-state index contributed by atoms with van der Waals surface area (Å²) in [5.74, 6) is 0.823. The van der Waals surface area contributed by atoms with E-state index in [1.54, 1.807) is 0 Å². The molecule has 1 heterocycles. The first-order valence-electron chi connectivity index (χ1n) is 5.50. The topological polar surface area (TPSA) is 55.0 Å². The fraction of sp³-hybridized carbons (Fsp3) is 0.636. The molecule has 5 heteroatoms. The van der Waals surface area contributed by atoms with Crippen LogP contribution < -0.4 is 10.6 Å². The van der Waals surface area contributed by atoms with Crippen molar-refractivity contribution in [3.63, 3.8) is 0 Å². The molecule has 16 heavy (non-hydrogen) atoms. The Labute approximate surface area is 104 Å². The largest absolute Gasteiger partial charge is 0.341 e. The normalized spacial score (nSPS) is 9.75. The van der Waals surface area contributed by atoms with Crippen molar-refractivity contribution in [1.29, 1.82) is 0 Å². The van der Waals surface area contributed by atoms with Gasteiger partial charge in [0.05, 0.1) is 0 Å². The summed E-state index contributed by atoms with van der Waals surface area (Å²) in [5.41, 5.74) is 7.57. The lowest BCUT2D eigenvalue weighted by molar-refractivity contribution is 0.798. The molecule has 0 radical (unpaired) electrons. The molecule has 0 aromatic carbocycles. The molecule has 0 saturated carbocycles. The lowest BCUT2D eigenvalue weighted by Crippen LogP contribution is -2.25. The molecule has 0 atom stereocenters. The Morgan fingerprint density at radius 1 is 1.25 bits per heavy atom. The average Bonchev–Trinajstić information content (AvgIpc) is 2.19. The van der Waals surface area contributed by atoms with Crippen LogP contribution in [0.1, 0.15) is 25.2 Å². The summed E-state index contributed by atoms with van der Waals surface area (Å²) >= 11 is 0. The van der Waals surface area contributed by atoms with Crippen molar-refractivity contribution < 1.29 is 0 Å². The highest BCUT2D eigenvalue weighted by Gasteiger charge is 2.07. The molecule has 0 aliphatic rings. The first-order valence-corrected chi connectivity index (χ1v) is 5.50. The van der Waals surface area contributed by atoms with Gasteiger partial charge in [-0.25, -0.2) is 9.97 Å². The van der Waals surface area contributed by atoms with Crippen molar-refractivity contribution in [2.75, 3.05) is 24.5 Å². The quantitative estimate of drug-likeness (QED) is 0.854. The first-order chi connectivity index (χ1) is 7.21. The maximum absolute atomic E-state index is 5.53. The van der Waals surface area contributed by atoms with Gasteiger partial charge in [-0.05, 0) is 33.4 Å². The zero-order valence-corrected chi connectivity index (χ0v) is 11.0. The van der Waals surface area contributed by atoms with Crippen molar-refractivity contribution in [2.45, 2.75) is 27.2 Å². The fourth-order valence-electron chi connectivity index (χ4n) is 1.54. The molecule has 0 aliphatic heterocycles. The van der Waals surface area contributed by atoms with Gasteiger partial charge in [-0.15, -0.1) is 12.4 Å².